The first-order valence-electron chi connectivity index (χ1n) is 9.23. The molecule has 5 fully saturated rings. The van der Waals surface area contributed by atoms with Crippen molar-refractivity contribution < 1.29 is 4.79 Å². The Morgan fingerprint density at radius 3 is 2.64 bits per heavy atom. The van der Waals surface area contributed by atoms with Crippen LogP contribution in [0.25, 0.3) is 0 Å². The molecular weight excluding hydrogens is 272 g/mol. The Labute approximate surface area is 133 Å². The van der Waals surface area contributed by atoms with E-state index in [4.69, 9.17) is 0 Å². The van der Waals surface area contributed by atoms with Gasteiger partial charge in [-0.15, -0.1) is 0 Å². The third-order valence-corrected chi connectivity index (χ3v) is 7.04. The Morgan fingerprint density at radius 1 is 1.00 bits per heavy atom. The Morgan fingerprint density at radius 2 is 1.86 bits per heavy atom. The number of carbonyl (C=O) groups excluding carboxylic acids is 1. The van der Waals surface area contributed by atoms with Gasteiger partial charge in [-0.2, -0.15) is 0 Å². The molecule has 4 aliphatic heterocycles. The van der Waals surface area contributed by atoms with Gasteiger partial charge in [0.05, 0.1) is 0 Å². The van der Waals surface area contributed by atoms with Crippen LogP contribution in [0.15, 0.2) is 23.8 Å². The van der Waals surface area contributed by atoms with Gasteiger partial charge in [0.15, 0.2) is 0 Å². The number of piperidine rings is 4. The van der Waals surface area contributed by atoms with Gasteiger partial charge in [0.2, 0.25) is 5.91 Å². The smallest absolute Gasteiger partial charge is 0.250 e. The van der Waals surface area contributed by atoms with Crippen LogP contribution in [0.1, 0.15) is 32.1 Å². The fourth-order valence-corrected chi connectivity index (χ4v) is 5.93. The standard InChI is InChI=1S/C19H26N2O/c22-19-16-6-2-4-14-3-1-5-15(18(14)16)11-21(19)17-12-20-9-7-13(17)8-10-20/h2,4,6,13-15,17-18H,1,3,5,7-12H2/t14?,15?,17-,18?/m1/s1. The van der Waals surface area contributed by atoms with Crippen molar-refractivity contribution in [3.05, 3.63) is 23.8 Å². The summed E-state index contributed by atoms with van der Waals surface area (Å²) in [4.78, 5) is 18.0. The number of rotatable bonds is 1. The minimum absolute atomic E-state index is 0.372. The predicted octanol–water partition coefficient (Wildman–Crippen LogP) is 2.45. The zero-order valence-corrected chi connectivity index (χ0v) is 13.3. The lowest BCUT2D eigenvalue weighted by Crippen LogP contribution is -2.62. The molecule has 1 saturated carbocycles. The molecule has 3 heteroatoms. The maximum Gasteiger partial charge on any atom is 0.250 e. The first kappa shape index (κ1) is 13.4. The quantitative estimate of drug-likeness (QED) is 0.742. The number of allylic oxidation sites excluding steroid dienone is 3. The molecule has 2 aliphatic carbocycles. The van der Waals surface area contributed by atoms with Crippen LogP contribution in [0.3, 0.4) is 0 Å². The Hall–Kier alpha value is -1.09. The van der Waals surface area contributed by atoms with Crippen LogP contribution in [-0.4, -0.2) is 47.9 Å². The molecule has 3 unspecified atom stereocenters. The number of likely N-dealkylation sites (tertiary alicyclic amines) is 1. The van der Waals surface area contributed by atoms with E-state index >= 15 is 0 Å². The third kappa shape index (κ3) is 1.87. The summed E-state index contributed by atoms with van der Waals surface area (Å²) in [6.45, 7) is 4.66. The van der Waals surface area contributed by atoms with Crippen molar-refractivity contribution in [3.8, 4) is 0 Å². The average molecular weight is 298 g/mol. The van der Waals surface area contributed by atoms with Crippen LogP contribution in [0.5, 0.6) is 0 Å². The topological polar surface area (TPSA) is 23.6 Å². The van der Waals surface area contributed by atoms with Gasteiger partial charge >= 0.3 is 0 Å². The Kier molecular flexibility index (Phi) is 3.01. The largest absolute Gasteiger partial charge is 0.334 e. The minimum atomic E-state index is 0.372. The highest BCUT2D eigenvalue weighted by Gasteiger charge is 2.48. The average Bonchev–Trinajstić information content (AvgIpc) is 2.59. The fraction of sp³-hybridized carbons (Fsp3) is 0.737. The molecule has 0 aromatic carbocycles. The number of hydrogen-bond donors (Lipinski definition) is 0. The molecule has 4 atom stereocenters. The molecule has 0 N–H and O–H groups in total. The van der Waals surface area contributed by atoms with E-state index in [1.165, 1.54) is 45.2 Å². The Balaban J connectivity index is 1.46. The van der Waals surface area contributed by atoms with E-state index in [9.17, 15) is 4.79 Å². The van der Waals surface area contributed by atoms with Crippen molar-refractivity contribution in [2.45, 2.75) is 38.1 Å². The molecule has 0 spiro atoms. The van der Waals surface area contributed by atoms with Crippen molar-refractivity contribution >= 4 is 5.91 Å². The zero-order chi connectivity index (χ0) is 14.7. The number of nitrogens with zero attached hydrogens (tertiary/aromatic N) is 2. The summed E-state index contributed by atoms with van der Waals surface area (Å²) in [7, 11) is 0. The van der Waals surface area contributed by atoms with Gasteiger partial charge in [-0.3, -0.25) is 4.79 Å². The van der Waals surface area contributed by atoms with Crippen molar-refractivity contribution in [2.24, 2.45) is 23.7 Å². The molecule has 3 nitrogen and oxygen atoms in total. The molecule has 2 bridgehead atoms. The van der Waals surface area contributed by atoms with Gasteiger partial charge < -0.3 is 9.80 Å². The lowest BCUT2D eigenvalue weighted by atomic mass is 9.64. The number of hydrogen-bond acceptors (Lipinski definition) is 2. The second-order valence-corrected chi connectivity index (χ2v) is 8.05. The summed E-state index contributed by atoms with van der Waals surface area (Å²) in [6.07, 6.45) is 13.2. The molecule has 0 radical (unpaired) electrons. The normalized spacial score (nSPS) is 46.5. The number of carbonyl (C=O) groups is 1. The van der Waals surface area contributed by atoms with E-state index in [1.54, 1.807) is 0 Å². The van der Waals surface area contributed by atoms with Crippen LogP contribution >= 0.6 is 0 Å². The summed E-state index contributed by atoms with van der Waals surface area (Å²) < 4.78 is 0. The molecule has 4 heterocycles. The second kappa shape index (κ2) is 4.95. The first-order chi connectivity index (χ1) is 10.8. The van der Waals surface area contributed by atoms with E-state index in [0.717, 1.165) is 24.6 Å². The van der Waals surface area contributed by atoms with E-state index in [0.29, 0.717) is 29.7 Å². The van der Waals surface area contributed by atoms with Crippen LogP contribution in [0, 0.1) is 23.7 Å². The molecule has 22 heavy (non-hydrogen) atoms. The summed E-state index contributed by atoms with van der Waals surface area (Å²) in [6, 6.07) is 0.489. The van der Waals surface area contributed by atoms with Crippen molar-refractivity contribution in [1.29, 1.82) is 0 Å². The SMILES string of the molecule is O=C1C2=CC=CC3CCCC(CN1[C@@H]1CN4CCC1CC4)C23. The molecule has 6 rings (SSSR count). The minimum Gasteiger partial charge on any atom is -0.334 e. The first-order valence-corrected chi connectivity index (χ1v) is 9.23. The molecular formula is C19H26N2O. The molecule has 6 aliphatic rings. The summed E-state index contributed by atoms with van der Waals surface area (Å²) in [5.41, 5.74) is 1.14. The molecule has 1 amide bonds. The van der Waals surface area contributed by atoms with Gasteiger partial charge in [0, 0.05) is 30.6 Å². The van der Waals surface area contributed by atoms with Gasteiger partial charge in [-0.05, 0) is 56.5 Å². The lowest BCUT2D eigenvalue weighted by Gasteiger charge is -2.54. The highest BCUT2D eigenvalue weighted by Crippen LogP contribution is 2.47. The van der Waals surface area contributed by atoms with Gasteiger partial charge in [0.25, 0.3) is 0 Å². The van der Waals surface area contributed by atoms with Crippen LogP contribution < -0.4 is 0 Å². The number of amides is 1. The monoisotopic (exact) mass is 298 g/mol. The van der Waals surface area contributed by atoms with Crippen molar-refractivity contribution in [2.75, 3.05) is 26.2 Å². The maximum absolute atomic E-state index is 13.2. The van der Waals surface area contributed by atoms with E-state index in [-0.39, 0.29) is 0 Å². The summed E-state index contributed by atoms with van der Waals surface area (Å²) in [5, 5.41) is 0. The zero-order valence-electron chi connectivity index (χ0n) is 13.3. The molecule has 0 aromatic rings. The van der Waals surface area contributed by atoms with Crippen LogP contribution in [0.4, 0.5) is 0 Å². The lowest BCUT2D eigenvalue weighted by molar-refractivity contribution is -0.140. The molecule has 0 aromatic heterocycles. The van der Waals surface area contributed by atoms with Crippen LogP contribution in [0.2, 0.25) is 0 Å². The second-order valence-electron chi connectivity index (χ2n) is 8.05. The van der Waals surface area contributed by atoms with E-state index < -0.39 is 0 Å². The van der Waals surface area contributed by atoms with Crippen LogP contribution in [-0.2, 0) is 4.79 Å². The highest BCUT2D eigenvalue weighted by atomic mass is 16.2. The van der Waals surface area contributed by atoms with Crippen molar-refractivity contribution in [3.63, 3.8) is 0 Å². The number of fused-ring (bicyclic) bond motifs is 3. The van der Waals surface area contributed by atoms with E-state index in [2.05, 4.69) is 28.0 Å². The molecule has 118 valence electrons. The summed E-state index contributed by atoms with van der Waals surface area (Å²) >= 11 is 0. The predicted molar refractivity (Wildman–Crippen MR) is 86.2 cm³/mol. The van der Waals surface area contributed by atoms with E-state index in [1.807, 2.05) is 0 Å². The van der Waals surface area contributed by atoms with Crippen molar-refractivity contribution in [1.82, 2.24) is 9.80 Å². The van der Waals surface area contributed by atoms with Gasteiger partial charge in [0.1, 0.15) is 0 Å². The van der Waals surface area contributed by atoms with Gasteiger partial charge in [-0.25, -0.2) is 0 Å². The fourth-order valence-electron chi connectivity index (χ4n) is 5.93. The maximum atomic E-state index is 13.2. The highest BCUT2D eigenvalue weighted by molar-refractivity contribution is 5.96. The third-order valence-electron chi connectivity index (χ3n) is 7.04. The Bertz CT molecular complexity index is 544. The molecule has 4 saturated heterocycles. The summed E-state index contributed by atoms with van der Waals surface area (Å²) in [5.74, 6) is 3.00. The van der Waals surface area contributed by atoms with Gasteiger partial charge in [-0.1, -0.05) is 24.6 Å².